The maximum Gasteiger partial charge on any atom is 0.242 e. The van der Waals surface area contributed by atoms with Crippen molar-refractivity contribution in [3.63, 3.8) is 0 Å². The standard InChI is InChI=1S/C14H15N7OS/c1-9-5-11(15)21(20-9)7-12(22)18-6-10-8-23-14(19-10)13-16-3-2-4-17-13/h2-5,8H,6-7,15H2,1H3,(H,18,22). The van der Waals surface area contributed by atoms with Gasteiger partial charge in [0.2, 0.25) is 5.91 Å². The van der Waals surface area contributed by atoms with Crippen molar-refractivity contribution in [3.05, 3.63) is 41.3 Å². The summed E-state index contributed by atoms with van der Waals surface area (Å²) in [5.74, 6) is 0.870. The molecule has 3 aromatic heterocycles. The number of carbonyl (C=O) groups is 1. The van der Waals surface area contributed by atoms with E-state index in [1.54, 1.807) is 24.5 Å². The summed E-state index contributed by atoms with van der Waals surface area (Å²) in [6, 6.07) is 3.47. The third-order valence-electron chi connectivity index (χ3n) is 3.00. The Kier molecular flexibility index (Phi) is 4.29. The van der Waals surface area contributed by atoms with Crippen molar-refractivity contribution >= 4 is 23.1 Å². The lowest BCUT2D eigenvalue weighted by molar-refractivity contribution is -0.122. The molecule has 0 bridgehead atoms. The van der Waals surface area contributed by atoms with Gasteiger partial charge in [0.1, 0.15) is 12.4 Å². The van der Waals surface area contributed by atoms with Crippen molar-refractivity contribution in [2.24, 2.45) is 0 Å². The number of nitrogens with one attached hydrogen (secondary N) is 1. The van der Waals surface area contributed by atoms with Gasteiger partial charge in [-0.15, -0.1) is 11.3 Å². The van der Waals surface area contributed by atoms with Gasteiger partial charge in [0, 0.05) is 23.8 Å². The highest BCUT2D eigenvalue weighted by molar-refractivity contribution is 7.13. The summed E-state index contributed by atoms with van der Waals surface area (Å²) in [6.07, 6.45) is 3.34. The minimum Gasteiger partial charge on any atom is -0.384 e. The smallest absolute Gasteiger partial charge is 0.242 e. The minimum absolute atomic E-state index is 0.0818. The average molecular weight is 329 g/mol. The summed E-state index contributed by atoms with van der Waals surface area (Å²) in [5, 5.41) is 9.54. The Morgan fingerprint density at radius 2 is 2.17 bits per heavy atom. The highest BCUT2D eigenvalue weighted by atomic mass is 32.1. The van der Waals surface area contributed by atoms with Crippen molar-refractivity contribution in [2.75, 3.05) is 5.73 Å². The molecule has 0 aliphatic carbocycles. The van der Waals surface area contributed by atoms with Gasteiger partial charge < -0.3 is 11.1 Å². The molecule has 9 heteroatoms. The fourth-order valence-electron chi connectivity index (χ4n) is 1.97. The number of carbonyl (C=O) groups excluding carboxylic acids is 1. The second-order valence-electron chi connectivity index (χ2n) is 4.86. The lowest BCUT2D eigenvalue weighted by Gasteiger charge is -2.05. The first-order valence-electron chi connectivity index (χ1n) is 6.90. The molecule has 0 radical (unpaired) electrons. The van der Waals surface area contributed by atoms with Crippen LogP contribution in [0.25, 0.3) is 10.8 Å². The van der Waals surface area contributed by atoms with Gasteiger partial charge in [-0.3, -0.25) is 4.79 Å². The van der Waals surface area contributed by atoms with Gasteiger partial charge in [0.05, 0.1) is 17.9 Å². The van der Waals surface area contributed by atoms with Crippen LogP contribution in [0.15, 0.2) is 29.9 Å². The van der Waals surface area contributed by atoms with E-state index in [0.29, 0.717) is 18.2 Å². The largest absolute Gasteiger partial charge is 0.384 e. The highest BCUT2D eigenvalue weighted by Gasteiger charge is 2.10. The summed E-state index contributed by atoms with van der Waals surface area (Å²) >= 11 is 1.44. The van der Waals surface area contributed by atoms with E-state index in [9.17, 15) is 4.79 Å². The maximum atomic E-state index is 11.9. The molecule has 0 fully saturated rings. The molecule has 118 valence electrons. The van der Waals surface area contributed by atoms with Gasteiger partial charge in [-0.05, 0) is 13.0 Å². The van der Waals surface area contributed by atoms with Gasteiger partial charge in [0.25, 0.3) is 0 Å². The molecule has 23 heavy (non-hydrogen) atoms. The third kappa shape index (κ3) is 3.69. The van der Waals surface area contributed by atoms with Crippen LogP contribution in [0.2, 0.25) is 0 Å². The van der Waals surface area contributed by atoms with Crippen LogP contribution in [-0.4, -0.2) is 30.6 Å². The molecule has 0 aliphatic heterocycles. The van der Waals surface area contributed by atoms with E-state index in [-0.39, 0.29) is 12.5 Å². The number of anilines is 1. The number of hydrogen-bond acceptors (Lipinski definition) is 7. The molecule has 3 aromatic rings. The monoisotopic (exact) mass is 329 g/mol. The van der Waals surface area contributed by atoms with Gasteiger partial charge in [-0.1, -0.05) is 0 Å². The summed E-state index contributed by atoms with van der Waals surface area (Å²) in [4.78, 5) is 24.7. The fourth-order valence-corrected chi connectivity index (χ4v) is 2.74. The Balaban J connectivity index is 1.57. The van der Waals surface area contributed by atoms with Crippen LogP contribution in [0.1, 0.15) is 11.4 Å². The molecule has 0 aromatic carbocycles. The zero-order valence-corrected chi connectivity index (χ0v) is 13.2. The summed E-state index contributed by atoms with van der Waals surface area (Å²) in [6.45, 7) is 2.24. The van der Waals surface area contributed by atoms with E-state index in [2.05, 4.69) is 25.4 Å². The number of nitrogens with two attached hydrogens (primary N) is 1. The topological polar surface area (TPSA) is 112 Å². The molecule has 0 spiro atoms. The second-order valence-corrected chi connectivity index (χ2v) is 5.72. The van der Waals surface area contributed by atoms with Crippen LogP contribution < -0.4 is 11.1 Å². The molecule has 8 nitrogen and oxygen atoms in total. The number of thiazole rings is 1. The molecule has 0 saturated heterocycles. The number of nitrogens with zero attached hydrogens (tertiary/aromatic N) is 5. The van der Waals surface area contributed by atoms with Crippen LogP contribution in [0.5, 0.6) is 0 Å². The SMILES string of the molecule is Cc1cc(N)n(CC(=O)NCc2csc(-c3ncccn3)n2)n1. The Bertz CT molecular complexity index is 812. The molecule has 3 rings (SSSR count). The van der Waals surface area contributed by atoms with E-state index < -0.39 is 0 Å². The average Bonchev–Trinajstić information content (AvgIpc) is 3.13. The predicted octanol–water partition coefficient (Wildman–Crippen LogP) is 1.00. The van der Waals surface area contributed by atoms with Crippen LogP contribution in [-0.2, 0) is 17.9 Å². The summed E-state index contributed by atoms with van der Waals surface area (Å²) < 4.78 is 1.47. The molecular formula is C14H15N7OS. The van der Waals surface area contributed by atoms with E-state index in [4.69, 9.17) is 5.73 Å². The van der Waals surface area contributed by atoms with E-state index in [1.807, 2.05) is 12.3 Å². The van der Waals surface area contributed by atoms with Crippen molar-refractivity contribution in [1.29, 1.82) is 0 Å². The first-order chi connectivity index (χ1) is 11.1. The van der Waals surface area contributed by atoms with Gasteiger partial charge >= 0.3 is 0 Å². The van der Waals surface area contributed by atoms with Crippen LogP contribution in [0.3, 0.4) is 0 Å². The van der Waals surface area contributed by atoms with Gasteiger partial charge in [0.15, 0.2) is 10.8 Å². The molecule has 0 unspecified atom stereocenters. The van der Waals surface area contributed by atoms with Crippen LogP contribution in [0, 0.1) is 6.92 Å². The number of nitrogen functional groups attached to an aromatic ring is 1. The molecule has 0 saturated carbocycles. The zero-order chi connectivity index (χ0) is 16.2. The van der Waals surface area contributed by atoms with Crippen molar-refractivity contribution in [2.45, 2.75) is 20.0 Å². The Morgan fingerprint density at radius 1 is 1.39 bits per heavy atom. The number of aromatic nitrogens is 5. The number of hydrogen-bond donors (Lipinski definition) is 2. The quantitative estimate of drug-likeness (QED) is 0.722. The molecule has 3 heterocycles. The third-order valence-corrected chi connectivity index (χ3v) is 3.89. The zero-order valence-electron chi connectivity index (χ0n) is 12.4. The highest BCUT2D eigenvalue weighted by Crippen LogP contribution is 2.19. The van der Waals surface area contributed by atoms with Crippen LogP contribution in [0.4, 0.5) is 5.82 Å². The molecule has 0 atom stereocenters. The van der Waals surface area contributed by atoms with E-state index in [0.717, 1.165) is 16.4 Å². The lowest BCUT2D eigenvalue weighted by Crippen LogP contribution is -2.28. The lowest BCUT2D eigenvalue weighted by atomic mass is 10.4. The van der Waals surface area contributed by atoms with Crippen molar-refractivity contribution in [1.82, 2.24) is 30.0 Å². The van der Waals surface area contributed by atoms with E-state index >= 15 is 0 Å². The minimum atomic E-state index is -0.176. The first kappa shape index (κ1) is 15.1. The molecular weight excluding hydrogens is 314 g/mol. The molecule has 3 N–H and O–H groups in total. The summed E-state index contributed by atoms with van der Waals surface area (Å²) in [5.41, 5.74) is 7.30. The number of amides is 1. The number of rotatable bonds is 5. The second kappa shape index (κ2) is 6.53. The fraction of sp³-hybridized carbons (Fsp3) is 0.214. The van der Waals surface area contributed by atoms with Crippen molar-refractivity contribution in [3.8, 4) is 10.8 Å². The van der Waals surface area contributed by atoms with Crippen molar-refractivity contribution < 1.29 is 4.79 Å². The Morgan fingerprint density at radius 3 is 2.87 bits per heavy atom. The predicted molar refractivity (Wildman–Crippen MR) is 86.4 cm³/mol. The first-order valence-corrected chi connectivity index (χ1v) is 7.78. The van der Waals surface area contributed by atoms with Gasteiger partial charge in [-0.2, -0.15) is 5.10 Å². The van der Waals surface area contributed by atoms with Gasteiger partial charge in [-0.25, -0.2) is 19.6 Å². The van der Waals surface area contributed by atoms with Crippen LogP contribution >= 0.6 is 11.3 Å². The molecule has 0 aliphatic rings. The normalized spacial score (nSPS) is 10.7. The van der Waals surface area contributed by atoms with E-state index in [1.165, 1.54) is 16.0 Å². The maximum absolute atomic E-state index is 11.9. The number of aryl methyl sites for hydroxylation is 1. The Labute approximate surface area is 136 Å². The summed E-state index contributed by atoms with van der Waals surface area (Å²) in [7, 11) is 0. The Hall–Kier alpha value is -2.81. The molecule has 1 amide bonds.